The lowest BCUT2D eigenvalue weighted by molar-refractivity contribution is -0.131. The van der Waals surface area contributed by atoms with Crippen LogP contribution >= 0.6 is 0 Å². The predicted octanol–water partition coefficient (Wildman–Crippen LogP) is 5.19. The third-order valence-corrected chi connectivity index (χ3v) is 7.44. The number of fused-ring (bicyclic) bond motifs is 10. The number of carbonyl (C=O) groups excluding carboxylic acids is 2. The minimum absolute atomic E-state index is 0.0425. The van der Waals surface area contributed by atoms with Gasteiger partial charge in [-0.2, -0.15) is 0 Å². The van der Waals surface area contributed by atoms with E-state index in [1.807, 2.05) is 43.3 Å². The number of H-pyrrole nitrogens is 1. The molecule has 2 aliphatic heterocycles. The van der Waals surface area contributed by atoms with Crippen molar-refractivity contribution >= 4 is 34.0 Å². The number of likely N-dealkylation sites (N-methyl/N-ethyl adjacent to an activating group) is 1. The summed E-state index contributed by atoms with van der Waals surface area (Å²) < 4.78 is 0. The van der Waals surface area contributed by atoms with Crippen LogP contribution in [-0.4, -0.2) is 33.9 Å². The number of hydrogen-bond donors (Lipinski definition) is 4. The molecule has 0 saturated carbocycles. The first-order chi connectivity index (χ1) is 18.7. The molecule has 1 aromatic heterocycles. The SMILES string of the molecule is Cc1cc2ccc1[C@@H](C)CCC(=O)Nc1ccc(O)c(c1)CN(C)C(=O)[C@@H]2Nc1ccc2cc[nH]c(=O)c2c1. The second-order valence-corrected chi connectivity index (χ2v) is 10.3. The van der Waals surface area contributed by atoms with Gasteiger partial charge in [0.25, 0.3) is 5.56 Å². The largest absolute Gasteiger partial charge is 0.508 e. The van der Waals surface area contributed by atoms with E-state index in [4.69, 9.17) is 0 Å². The van der Waals surface area contributed by atoms with Gasteiger partial charge < -0.3 is 25.6 Å². The van der Waals surface area contributed by atoms with E-state index >= 15 is 0 Å². The van der Waals surface area contributed by atoms with E-state index in [1.54, 1.807) is 36.3 Å². The molecule has 2 amide bonds. The van der Waals surface area contributed by atoms with Gasteiger partial charge in [-0.05, 0) is 77.7 Å². The number of aromatic hydroxyl groups is 1. The van der Waals surface area contributed by atoms with Gasteiger partial charge in [-0.3, -0.25) is 14.4 Å². The topological polar surface area (TPSA) is 115 Å². The molecule has 0 saturated heterocycles. The van der Waals surface area contributed by atoms with Crippen LogP contribution in [-0.2, 0) is 16.1 Å². The summed E-state index contributed by atoms with van der Waals surface area (Å²) in [5.74, 6) is -0.119. The van der Waals surface area contributed by atoms with Crippen molar-refractivity contribution < 1.29 is 14.7 Å². The van der Waals surface area contributed by atoms with Gasteiger partial charge in [-0.25, -0.2) is 0 Å². The molecule has 0 radical (unpaired) electrons. The van der Waals surface area contributed by atoms with Crippen molar-refractivity contribution in [2.24, 2.45) is 0 Å². The summed E-state index contributed by atoms with van der Waals surface area (Å²) in [6.07, 6.45) is 2.65. The van der Waals surface area contributed by atoms with Gasteiger partial charge in [0.1, 0.15) is 11.8 Å². The molecule has 3 heterocycles. The van der Waals surface area contributed by atoms with Crippen LogP contribution in [0.1, 0.15) is 54.0 Å². The molecule has 2 aliphatic rings. The number of hydrogen-bond acceptors (Lipinski definition) is 5. The second kappa shape index (κ2) is 10.6. The van der Waals surface area contributed by atoms with E-state index < -0.39 is 6.04 Å². The number of amides is 2. The molecule has 6 rings (SSSR count). The van der Waals surface area contributed by atoms with Crippen molar-refractivity contribution in [2.45, 2.75) is 45.2 Å². The number of aromatic amines is 1. The maximum atomic E-state index is 13.9. The van der Waals surface area contributed by atoms with Gasteiger partial charge in [0.05, 0.1) is 0 Å². The van der Waals surface area contributed by atoms with Crippen LogP contribution < -0.4 is 16.2 Å². The molecule has 4 bridgehead atoms. The van der Waals surface area contributed by atoms with Gasteiger partial charge in [-0.1, -0.05) is 31.2 Å². The van der Waals surface area contributed by atoms with Gasteiger partial charge >= 0.3 is 0 Å². The Bertz CT molecular complexity index is 1630. The maximum Gasteiger partial charge on any atom is 0.255 e. The lowest BCUT2D eigenvalue weighted by Gasteiger charge is -2.27. The molecule has 39 heavy (non-hydrogen) atoms. The summed E-state index contributed by atoms with van der Waals surface area (Å²) in [4.78, 5) is 43.2. The Kier molecular flexibility index (Phi) is 7.11. The first kappa shape index (κ1) is 26.0. The average molecular weight is 525 g/mol. The molecule has 200 valence electrons. The lowest BCUT2D eigenvalue weighted by Crippen LogP contribution is -2.35. The molecule has 0 spiro atoms. The Hall–Kier alpha value is -4.59. The summed E-state index contributed by atoms with van der Waals surface area (Å²) in [5.41, 5.74) is 4.48. The average Bonchev–Trinajstić information content (AvgIpc) is 2.91. The van der Waals surface area contributed by atoms with Crippen molar-refractivity contribution in [1.82, 2.24) is 9.88 Å². The minimum Gasteiger partial charge on any atom is -0.508 e. The first-order valence-electron chi connectivity index (χ1n) is 13.0. The van der Waals surface area contributed by atoms with Gasteiger partial charge in [0.2, 0.25) is 11.8 Å². The van der Waals surface area contributed by atoms with Crippen molar-refractivity contribution in [3.8, 4) is 5.75 Å². The summed E-state index contributed by atoms with van der Waals surface area (Å²) in [6, 6.07) is 17.4. The molecule has 0 fully saturated rings. The van der Waals surface area contributed by atoms with E-state index in [2.05, 4.69) is 22.5 Å². The Labute approximate surface area is 226 Å². The molecule has 0 unspecified atom stereocenters. The van der Waals surface area contributed by atoms with E-state index in [0.29, 0.717) is 35.2 Å². The van der Waals surface area contributed by atoms with Gasteiger partial charge in [0.15, 0.2) is 0 Å². The van der Waals surface area contributed by atoms with Crippen LogP contribution in [0.4, 0.5) is 11.4 Å². The predicted molar refractivity (Wildman–Crippen MR) is 153 cm³/mol. The number of benzene rings is 3. The lowest BCUT2D eigenvalue weighted by atomic mass is 9.89. The number of rotatable bonds is 2. The zero-order valence-corrected chi connectivity index (χ0v) is 22.2. The molecule has 8 nitrogen and oxygen atoms in total. The molecule has 3 aromatic carbocycles. The summed E-state index contributed by atoms with van der Waals surface area (Å²) in [6.45, 7) is 4.25. The number of anilines is 2. The van der Waals surface area contributed by atoms with Crippen LogP contribution in [0.5, 0.6) is 5.75 Å². The molecular weight excluding hydrogens is 492 g/mol. The summed E-state index contributed by atoms with van der Waals surface area (Å²) >= 11 is 0. The Morgan fingerprint density at radius 2 is 1.82 bits per heavy atom. The van der Waals surface area contributed by atoms with E-state index in [1.165, 1.54) is 6.07 Å². The number of carbonyl (C=O) groups is 2. The third kappa shape index (κ3) is 5.50. The Morgan fingerprint density at radius 3 is 2.62 bits per heavy atom. The van der Waals surface area contributed by atoms with Gasteiger partial charge in [-0.15, -0.1) is 0 Å². The highest BCUT2D eigenvalue weighted by atomic mass is 16.3. The maximum absolute atomic E-state index is 13.9. The van der Waals surface area contributed by atoms with E-state index in [0.717, 1.165) is 22.1 Å². The fraction of sp³-hybridized carbons (Fsp3) is 0.258. The number of phenols is 1. The number of phenolic OH excluding ortho intramolecular Hbond substituents is 1. The van der Waals surface area contributed by atoms with Crippen LogP contribution in [0.25, 0.3) is 10.8 Å². The van der Waals surface area contributed by atoms with E-state index in [-0.39, 0.29) is 35.6 Å². The summed E-state index contributed by atoms with van der Waals surface area (Å²) in [5, 5.41) is 18.1. The minimum atomic E-state index is -0.740. The number of nitrogens with zero attached hydrogens (tertiary/aromatic N) is 1. The van der Waals surface area contributed by atoms with E-state index in [9.17, 15) is 19.5 Å². The number of nitrogens with one attached hydrogen (secondary N) is 3. The van der Waals surface area contributed by atoms with Crippen LogP contribution in [0, 0.1) is 6.92 Å². The smallest absolute Gasteiger partial charge is 0.255 e. The number of pyridine rings is 1. The fourth-order valence-electron chi connectivity index (χ4n) is 5.23. The van der Waals surface area contributed by atoms with Crippen molar-refractivity contribution in [3.63, 3.8) is 0 Å². The zero-order valence-electron chi connectivity index (χ0n) is 22.2. The highest BCUT2D eigenvalue weighted by Crippen LogP contribution is 2.31. The number of aryl methyl sites for hydroxylation is 1. The molecule has 4 aromatic rings. The summed E-state index contributed by atoms with van der Waals surface area (Å²) in [7, 11) is 1.68. The zero-order chi connectivity index (χ0) is 27.7. The normalized spacial score (nSPS) is 18.3. The fourth-order valence-corrected chi connectivity index (χ4v) is 5.23. The number of aromatic nitrogens is 1. The van der Waals surface area contributed by atoms with Gasteiger partial charge in [0, 0.05) is 48.5 Å². The second-order valence-electron chi connectivity index (χ2n) is 10.3. The van der Waals surface area contributed by atoms with Crippen LogP contribution in [0.15, 0.2) is 71.7 Å². The monoisotopic (exact) mass is 524 g/mol. The van der Waals surface area contributed by atoms with Crippen molar-refractivity contribution in [3.05, 3.63) is 99.5 Å². The Balaban J connectivity index is 1.57. The quantitative estimate of drug-likeness (QED) is 0.270. The molecular formula is C31H32N4O4. The standard InChI is InChI=1S/C31H32N4O4/c1-18-4-11-28(37)33-23-8-10-27(36)22(15-23)17-35(3)31(39)29(21-6-9-25(18)19(2)14-21)34-24-7-5-20-12-13-32-30(38)26(20)16-24/h5-10,12-16,18,29,34,36H,4,11,17H2,1-3H3,(H,32,38)(H,33,37)/t18-,29+/m0/s1. The first-order valence-corrected chi connectivity index (χ1v) is 13.0. The third-order valence-electron chi connectivity index (χ3n) is 7.44. The Morgan fingerprint density at radius 1 is 1.00 bits per heavy atom. The highest BCUT2D eigenvalue weighted by Gasteiger charge is 2.26. The van der Waals surface area contributed by atoms with Crippen molar-refractivity contribution in [1.29, 1.82) is 0 Å². The molecule has 2 atom stereocenters. The van der Waals surface area contributed by atoms with Crippen LogP contribution in [0.3, 0.4) is 0 Å². The van der Waals surface area contributed by atoms with Crippen LogP contribution in [0.2, 0.25) is 0 Å². The highest BCUT2D eigenvalue weighted by molar-refractivity contribution is 5.91. The molecule has 0 aliphatic carbocycles. The van der Waals surface area contributed by atoms with Crippen molar-refractivity contribution in [2.75, 3.05) is 17.7 Å². The molecule has 8 heteroatoms. The molecule has 4 N–H and O–H groups in total.